The summed E-state index contributed by atoms with van der Waals surface area (Å²) in [5, 5.41) is 3.00. The number of benzene rings is 2. The molecule has 0 spiro atoms. The molecule has 1 amide bonds. The number of hydrogen-bond acceptors (Lipinski definition) is 2. The Kier molecular flexibility index (Phi) is 5.53. The highest BCUT2D eigenvalue weighted by molar-refractivity contribution is 9.10. The zero-order valence-corrected chi connectivity index (χ0v) is 13.6. The number of rotatable bonds is 5. The summed E-state index contributed by atoms with van der Waals surface area (Å²) in [7, 11) is 0. The lowest BCUT2D eigenvalue weighted by molar-refractivity contribution is 0.0940. The maximum atomic E-state index is 12.2. The number of carbonyl (C=O) groups is 1. The minimum Gasteiger partial charge on any atom is -0.346 e. The lowest BCUT2D eigenvalue weighted by Crippen LogP contribution is -2.26. The van der Waals surface area contributed by atoms with Gasteiger partial charge in [0, 0.05) is 10.0 Å². The molecule has 3 nitrogen and oxygen atoms in total. The smallest absolute Gasteiger partial charge is 0.251 e. The predicted molar refractivity (Wildman–Crippen MR) is 89.2 cm³/mol. The summed E-state index contributed by atoms with van der Waals surface area (Å²) in [5.41, 5.74) is 8.41. The van der Waals surface area contributed by atoms with Crippen LogP contribution in [0.25, 0.3) is 0 Å². The topological polar surface area (TPSA) is 55.1 Å². The summed E-state index contributed by atoms with van der Waals surface area (Å²) < 4.78 is 1.03. The fourth-order valence-electron chi connectivity index (χ4n) is 2.10. The first-order valence-electron chi connectivity index (χ1n) is 6.95. The molecule has 21 heavy (non-hydrogen) atoms. The van der Waals surface area contributed by atoms with E-state index in [0.29, 0.717) is 12.1 Å². The van der Waals surface area contributed by atoms with Gasteiger partial charge >= 0.3 is 0 Å². The molecule has 3 N–H and O–H groups in total. The SMILES string of the molecule is CC(NC(=O)c1ccc(CCN)cc1)c1ccc(Br)cc1. The molecule has 2 aromatic rings. The van der Waals surface area contributed by atoms with E-state index in [1.54, 1.807) is 0 Å². The van der Waals surface area contributed by atoms with Crippen molar-refractivity contribution in [2.45, 2.75) is 19.4 Å². The molecule has 0 saturated carbocycles. The third-order valence-electron chi connectivity index (χ3n) is 3.37. The van der Waals surface area contributed by atoms with Crippen molar-refractivity contribution in [1.82, 2.24) is 5.32 Å². The van der Waals surface area contributed by atoms with Crippen LogP contribution in [0.3, 0.4) is 0 Å². The lowest BCUT2D eigenvalue weighted by atomic mass is 10.1. The molecule has 0 aliphatic heterocycles. The standard InChI is InChI=1S/C17H19BrN2O/c1-12(14-6-8-16(18)9-7-14)20-17(21)15-4-2-13(3-5-15)10-11-19/h2-9,12H,10-11,19H2,1H3,(H,20,21). The summed E-state index contributed by atoms with van der Waals surface area (Å²) in [6, 6.07) is 15.5. The normalized spacial score (nSPS) is 12.0. The number of carbonyl (C=O) groups excluding carboxylic acids is 1. The van der Waals surface area contributed by atoms with Gasteiger partial charge in [0.25, 0.3) is 5.91 Å². The van der Waals surface area contributed by atoms with Crippen molar-refractivity contribution in [2.75, 3.05) is 6.54 Å². The highest BCUT2D eigenvalue weighted by Gasteiger charge is 2.11. The zero-order valence-electron chi connectivity index (χ0n) is 12.0. The van der Waals surface area contributed by atoms with Crippen molar-refractivity contribution < 1.29 is 4.79 Å². The average Bonchev–Trinajstić information content (AvgIpc) is 2.49. The Balaban J connectivity index is 2.01. The van der Waals surface area contributed by atoms with Crippen LogP contribution < -0.4 is 11.1 Å². The van der Waals surface area contributed by atoms with E-state index in [9.17, 15) is 4.79 Å². The van der Waals surface area contributed by atoms with Gasteiger partial charge in [-0.2, -0.15) is 0 Å². The molecule has 2 aromatic carbocycles. The molecule has 2 rings (SSSR count). The Morgan fingerprint density at radius 3 is 2.33 bits per heavy atom. The van der Waals surface area contributed by atoms with Crippen LogP contribution in [0, 0.1) is 0 Å². The third-order valence-corrected chi connectivity index (χ3v) is 3.90. The van der Waals surface area contributed by atoms with Crippen LogP contribution in [0.4, 0.5) is 0 Å². The van der Waals surface area contributed by atoms with Crippen molar-refractivity contribution in [1.29, 1.82) is 0 Å². The molecule has 1 atom stereocenters. The van der Waals surface area contributed by atoms with Gasteiger partial charge in [-0.15, -0.1) is 0 Å². The molecule has 0 heterocycles. The third kappa shape index (κ3) is 4.41. The van der Waals surface area contributed by atoms with Crippen molar-refractivity contribution in [3.63, 3.8) is 0 Å². The molecule has 0 fully saturated rings. The van der Waals surface area contributed by atoms with E-state index < -0.39 is 0 Å². The van der Waals surface area contributed by atoms with Crippen molar-refractivity contribution in [2.24, 2.45) is 5.73 Å². The Hall–Kier alpha value is -1.65. The van der Waals surface area contributed by atoms with E-state index in [4.69, 9.17) is 5.73 Å². The van der Waals surface area contributed by atoms with Gasteiger partial charge in [0.1, 0.15) is 0 Å². The highest BCUT2D eigenvalue weighted by Crippen LogP contribution is 2.17. The first kappa shape index (κ1) is 15.7. The van der Waals surface area contributed by atoms with Gasteiger partial charge in [-0.1, -0.05) is 40.2 Å². The van der Waals surface area contributed by atoms with E-state index in [1.807, 2.05) is 55.5 Å². The maximum absolute atomic E-state index is 12.2. The minimum absolute atomic E-state index is 0.0330. The summed E-state index contributed by atoms with van der Waals surface area (Å²) >= 11 is 3.41. The fourth-order valence-corrected chi connectivity index (χ4v) is 2.37. The van der Waals surface area contributed by atoms with Crippen molar-refractivity contribution in [3.05, 3.63) is 69.7 Å². The van der Waals surface area contributed by atoms with Gasteiger partial charge in [0.05, 0.1) is 6.04 Å². The molecule has 0 bridgehead atoms. The predicted octanol–water partition coefficient (Wildman–Crippen LogP) is 3.44. The van der Waals surface area contributed by atoms with Gasteiger partial charge in [-0.3, -0.25) is 4.79 Å². The first-order chi connectivity index (χ1) is 10.1. The van der Waals surface area contributed by atoms with E-state index >= 15 is 0 Å². The molecule has 4 heteroatoms. The van der Waals surface area contributed by atoms with Gasteiger partial charge in [-0.05, 0) is 55.3 Å². The quantitative estimate of drug-likeness (QED) is 0.871. The Labute approximate surface area is 133 Å². The minimum atomic E-state index is -0.0651. The van der Waals surface area contributed by atoms with E-state index in [1.165, 1.54) is 0 Å². The van der Waals surface area contributed by atoms with E-state index in [-0.39, 0.29) is 11.9 Å². The van der Waals surface area contributed by atoms with Crippen LogP contribution >= 0.6 is 15.9 Å². The van der Waals surface area contributed by atoms with Gasteiger partial charge in [0.15, 0.2) is 0 Å². The Morgan fingerprint density at radius 1 is 1.14 bits per heavy atom. The molecule has 0 aliphatic carbocycles. The maximum Gasteiger partial charge on any atom is 0.251 e. The van der Waals surface area contributed by atoms with Crippen LogP contribution in [-0.4, -0.2) is 12.5 Å². The summed E-state index contributed by atoms with van der Waals surface area (Å²) in [4.78, 5) is 12.2. The van der Waals surface area contributed by atoms with Crippen LogP contribution in [0.5, 0.6) is 0 Å². The van der Waals surface area contributed by atoms with Crippen LogP contribution in [0.15, 0.2) is 53.0 Å². The lowest BCUT2D eigenvalue weighted by Gasteiger charge is -2.14. The molecule has 0 saturated heterocycles. The summed E-state index contributed by atoms with van der Waals surface area (Å²) in [5.74, 6) is -0.0651. The number of nitrogens with two attached hydrogens (primary N) is 1. The second-order valence-corrected chi connectivity index (χ2v) is 5.90. The summed E-state index contributed by atoms with van der Waals surface area (Å²) in [6.45, 7) is 2.59. The zero-order chi connectivity index (χ0) is 15.2. The fraction of sp³-hybridized carbons (Fsp3) is 0.235. The van der Waals surface area contributed by atoms with Crippen LogP contribution in [0.1, 0.15) is 34.5 Å². The van der Waals surface area contributed by atoms with E-state index in [2.05, 4.69) is 21.2 Å². The van der Waals surface area contributed by atoms with Crippen molar-refractivity contribution in [3.8, 4) is 0 Å². The van der Waals surface area contributed by atoms with Gasteiger partial charge in [0.2, 0.25) is 0 Å². The number of nitrogens with one attached hydrogen (secondary N) is 1. The van der Waals surface area contributed by atoms with E-state index in [0.717, 1.165) is 22.0 Å². The summed E-state index contributed by atoms with van der Waals surface area (Å²) in [6.07, 6.45) is 0.831. The molecular formula is C17H19BrN2O. The number of amides is 1. The molecule has 1 unspecified atom stereocenters. The first-order valence-corrected chi connectivity index (χ1v) is 7.75. The largest absolute Gasteiger partial charge is 0.346 e. The second kappa shape index (κ2) is 7.38. The van der Waals surface area contributed by atoms with Crippen LogP contribution in [-0.2, 0) is 6.42 Å². The average molecular weight is 347 g/mol. The van der Waals surface area contributed by atoms with Gasteiger partial charge < -0.3 is 11.1 Å². The monoisotopic (exact) mass is 346 g/mol. The molecule has 0 radical (unpaired) electrons. The molecule has 0 aliphatic rings. The van der Waals surface area contributed by atoms with Crippen molar-refractivity contribution >= 4 is 21.8 Å². The Morgan fingerprint density at radius 2 is 1.76 bits per heavy atom. The number of halogens is 1. The second-order valence-electron chi connectivity index (χ2n) is 4.98. The molecular weight excluding hydrogens is 328 g/mol. The van der Waals surface area contributed by atoms with Crippen LogP contribution in [0.2, 0.25) is 0 Å². The Bertz CT molecular complexity index is 593. The molecule has 110 valence electrons. The number of hydrogen-bond donors (Lipinski definition) is 2. The molecule has 0 aromatic heterocycles. The highest BCUT2D eigenvalue weighted by atomic mass is 79.9. The van der Waals surface area contributed by atoms with Gasteiger partial charge in [-0.25, -0.2) is 0 Å².